The number of aromatic hydroxyl groups is 1. The SMILES string of the molecule is CO[C@H]1/C=C/O[C@@]2(C)Oc3c(C)c(O)c4c(=O)c(c5oc6cc(OCCNCCCCS(=O)(=O)c7ccc(C)cc7)ccc6nc-5c4c3C2=O)NC(=O)/C(C)=C\C=C\[C@H](C)[C@H](O)[C@@H](C)[C@@H](O)[C@@H](C)[C@H](OC(C)=O)[C@@H]1C. The zero-order chi connectivity index (χ0) is 54.7. The van der Waals surface area contributed by atoms with E-state index in [2.05, 4.69) is 10.6 Å². The molecule has 4 aliphatic rings. The number of carbonyl (C=O) groups is 3. The second-order valence-corrected chi connectivity index (χ2v) is 21.9. The van der Waals surface area contributed by atoms with Gasteiger partial charge in [0.2, 0.25) is 5.43 Å². The van der Waals surface area contributed by atoms with Crippen LogP contribution in [0.3, 0.4) is 0 Å². The lowest BCUT2D eigenvalue weighted by Crippen LogP contribution is -2.46. The number of Topliss-reactive ketones (excluding diaryl/α,β-unsaturated/α-hetero) is 1. The number of aliphatic hydroxyl groups is 2. The van der Waals surface area contributed by atoms with Crippen LogP contribution in [0.2, 0.25) is 0 Å². The van der Waals surface area contributed by atoms with Gasteiger partial charge >= 0.3 is 11.8 Å². The molecule has 3 aromatic rings. The molecule has 0 unspecified atom stereocenters. The lowest BCUT2D eigenvalue weighted by molar-refractivity contribution is -0.160. The highest BCUT2D eigenvalue weighted by Gasteiger charge is 2.50. The van der Waals surface area contributed by atoms with Crippen LogP contribution in [0.5, 0.6) is 17.2 Å². The third kappa shape index (κ3) is 11.8. The fraction of sp³-hybridized carbons (Fsp3) is 0.446. The van der Waals surface area contributed by atoms with Crippen molar-refractivity contribution in [2.24, 2.45) is 23.7 Å². The van der Waals surface area contributed by atoms with Crippen molar-refractivity contribution >= 4 is 55.1 Å². The van der Waals surface area contributed by atoms with E-state index in [1.165, 1.54) is 53.2 Å². The number of methoxy groups -OCH3 is 1. The zero-order valence-electron chi connectivity index (χ0n) is 43.9. The van der Waals surface area contributed by atoms with Gasteiger partial charge in [-0.05, 0) is 70.5 Å². The monoisotopic (exact) mass is 1050 g/mol. The minimum Gasteiger partial charge on any atom is -0.507 e. The second kappa shape index (κ2) is 23.1. The average Bonchev–Trinajstić information content (AvgIpc) is 3.64. The molecule has 18 nitrogen and oxygen atoms in total. The number of carbonyl (C=O) groups excluding carboxylic acids is 3. The molecular weight excluding hydrogens is 987 g/mol. The van der Waals surface area contributed by atoms with E-state index in [-0.39, 0.29) is 73.8 Å². The van der Waals surface area contributed by atoms with Gasteiger partial charge in [-0.2, -0.15) is 0 Å². The highest BCUT2D eigenvalue weighted by atomic mass is 32.2. The lowest BCUT2D eigenvalue weighted by Gasteiger charge is -2.38. The summed E-state index contributed by atoms with van der Waals surface area (Å²) in [5.41, 5.74) is 0.112. The average molecular weight is 1050 g/mol. The molecule has 0 fully saturated rings. The minimum absolute atomic E-state index is 0.0354. The Labute approximate surface area is 436 Å². The van der Waals surface area contributed by atoms with Crippen molar-refractivity contribution in [3.8, 4) is 28.7 Å². The molecule has 0 aromatic heterocycles. The van der Waals surface area contributed by atoms with Gasteiger partial charge in [0.1, 0.15) is 46.9 Å². The summed E-state index contributed by atoms with van der Waals surface area (Å²) in [7, 11) is -1.95. The van der Waals surface area contributed by atoms with Gasteiger partial charge in [0, 0.05) is 73.8 Å². The number of anilines is 1. The van der Waals surface area contributed by atoms with Crippen molar-refractivity contribution in [3.63, 3.8) is 0 Å². The quantitative estimate of drug-likeness (QED) is 0.0351. The summed E-state index contributed by atoms with van der Waals surface area (Å²) in [4.78, 5) is 61.4. The molecule has 0 radical (unpaired) electrons. The van der Waals surface area contributed by atoms with Gasteiger partial charge in [0.15, 0.2) is 21.2 Å². The van der Waals surface area contributed by atoms with Gasteiger partial charge in [-0.1, -0.05) is 63.6 Å². The minimum atomic E-state index is -3.38. The summed E-state index contributed by atoms with van der Waals surface area (Å²) in [6.45, 7) is 15.6. The number of rotatable bonds is 12. The second-order valence-electron chi connectivity index (χ2n) is 19.8. The van der Waals surface area contributed by atoms with Crippen LogP contribution in [-0.4, -0.2) is 109 Å². The number of ketones is 1. The highest BCUT2D eigenvalue weighted by Crippen LogP contribution is 2.50. The molecule has 0 spiro atoms. The Morgan fingerprint density at radius 2 is 1.64 bits per heavy atom. The smallest absolute Gasteiger partial charge is 0.312 e. The maximum absolute atomic E-state index is 14.9. The van der Waals surface area contributed by atoms with E-state index in [0.717, 1.165) is 5.56 Å². The van der Waals surface area contributed by atoms with Crippen molar-refractivity contribution in [2.75, 3.05) is 37.9 Å². The number of unbranched alkanes of at least 4 members (excludes halogenated alkanes) is 1. The number of sulfone groups is 1. The number of ether oxygens (including phenoxy) is 5. The first kappa shape index (κ1) is 56.1. The van der Waals surface area contributed by atoms with E-state index in [9.17, 15) is 42.9 Å². The van der Waals surface area contributed by atoms with Crippen molar-refractivity contribution < 1.29 is 66.2 Å². The Morgan fingerprint density at radius 3 is 2.33 bits per heavy atom. The number of phenolic OH excluding ortho intramolecular Hbond substituents is 1. The topological polar surface area (TPSA) is 259 Å². The molecule has 3 aliphatic heterocycles. The summed E-state index contributed by atoms with van der Waals surface area (Å²) in [6.07, 6.45) is 4.53. The standard InChI is InChI=1S/C56H67N3O15S/c1-29-16-19-38(20-17-29)75(67,68)27-12-11-23-57-24-26-70-37-18-21-39-41(28-37)73-53-45(58-39)42-43-49(63)35(7)52-44(42)54(65)56(9,74-52)71-25-22-40(69-10)32(4)51(72-36(8)60)34(6)48(62)33(5)47(61)30(2)14-13-15-31(3)55(66)59-46(53)50(43)64/h13-22,25,28,30,32-34,40,47-48,51,57,61-63H,11-12,23-24,26-27H2,1-10H3,(H,59,66)/b14-13+,25-22+,31-15-/t30-,32+,33+,34+,40-,47-,48+,51+,56-/m0/s1. The third-order valence-corrected chi connectivity index (χ3v) is 16.1. The van der Waals surface area contributed by atoms with Gasteiger partial charge in [0.05, 0.1) is 46.2 Å². The Balaban J connectivity index is 1.25. The number of aliphatic hydroxyl groups excluding tert-OH is 2. The van der Waals surface area contributed by atoms with Crippen LogP contribution in [0.4, 0.5) is 5.69 Å². The van der Waals surface area contributed by atoms with E-state index < -0.39 is 92.5 Å². The predicted molar refractivity (Wildman–Crippen MR) is 282 cm³/mol. The predicted octanol–water partition coefficient (Wildman–Crippen LogP) is 7.48. The number of allylic oxidation sites excluding steroid dienone is 2. The van der Waals surface area contributed by atoms with Crippen molar-refractivity contribution in [2.45, 2.75) is 110 Å². The highest BCUT2D eigenvalue weighted by molar-refractivity contribution is 7.91. The van der Waals surface area contributed by atoms with E-state index in [1.54, 1.807) is 82.3 Å². The van der Waals surface area contributed by atoms with Gasteiger partial charge < -0.3 is 54.1 Å². The molecule has 9 atom stereocenters. The summed E-state index contributed by atoms with van der Waals surface area (Å²) in [6, 6.07) is 11.6. The lowest BCUT2D eigenvalue weighted by atomic mass is 9.78. The third-order valence-electron chi connectivity index (χ3n) is 14.3. The van der Waals surface area contributed by atoms with Crippen molar-refractivity contribution in [1.29, 1.82) is 0 Å². The number of nitrogens with zero attached hydrogens (tertiary/aromatic N) is 1. The fourth-order valence-electron chi connectivity index (χ4n) is 9.65. The first-order chi connectivity index (χ1) is 35.5. The maximum Gasteiger partial charge on any atom is 0.312 e. The number of benzene rings is 4. The van der Waals surface area contributed by atoms with Crippen LogP contribution >= 0.6 is 0 Å². The summed E-state index contributed by atoms with van der Waals surface area (Å²) in [5, 5.41) is 40.4. The molecule has 75 heavy (non-hydrogen) atoms. The summed E-state index contributed by atoms with van der Waals surface area (Å²) in [5.74, 6) is -7.15. The molecule has 1 amide bonds. The van der Waals surface area contributed by atoms with E-state index in [1.807, 2.05) is 6.92 Å². The van der Waals surface area contributed by atoms with Gasteiger partial charge in [0.25, 0.3) is 11.7 Å². The van der Waals surface area contributed by atoms with Crippen LogP contribution in [0.25, 0.3) is 33.3 Å². The molecule has 402 valence electrons. The van der Waals surface area contributed by atoms with E-state index in [0.29, 0.717) is 36.6 Å². The zero-order valence-corrected chi connectivity index (χ0v) is 44.7. The molecule has 5 N–H and O–H groups in total. The number of nitrogens with one attached hydrogen (secondary N) is 2. The number of fused-ring (bicyclic) bond motifs is 2. The van der Waals surface area contributed by atoms with Gasteiger partial charge in [-0.3, -0.25) is 19.2 Å². The number of phenols is 1. The molecule has 0 saturated heterocycles. The van der Waals surface area contributed by atoms with Crippen LogP contribution in [0.15, 0.2) is 92.7 Å². The number of hydrogen-bond acceptors (Lipinski definition) is 17. The number of esters is 1. The van der Waals surface area contributed by atoms with Gasteiger partial charge in [-0.25, -0.2) is 13.4 Å². The molecule has 3 heterocycles. The molecule has 19 heteroatoms. The van der Waals surface area contributed by atoms with Crippen LogP contribution in [0, 0.1) is 37.5 Å². The largest absolute Gasteiger partial charge is 0.507 e. The Morgan fingerprint density at radius 1 is 0.920 bits per heavy atom. The number of aryl methyl sites for hydroxylation is 1. The van der Waals surface area contributed by atoms with Crippen LogP contribution < -0.4 is 25.5 Å². The number of hydrogen-bond donors (Lipinski definition) is 5. The molecule has 1 aliphatic carbocycles. The number of amides is 1. The molecule has 3 aromatic carbocycles. The van der Waals surface area contributed by atoms with Crippen LogP contribution in [-0.2, 0) is 33.6 Å². The van der Waals surface area contributed by atoms with E-state index in [4.69, 9.17) is 33.1 Å². The fourth-order valence-corrected chi connectivity index (χ4v) is 11.0. The number of aromatic nitrogens is 1. The first-order valence-electron chi connectivity index (χ1n) is 25.0. The molecule has 7 rings (SSSR count). The first-order valence-corrected chi connectivity index (χ1v) is 26.7. The molecular formula is C56H67N3O15S. The van der Waals surface area contributed by atoms with Crippen LogP contribution in [0.1, 0.15) is 82.8 Å². The van der Waals surface area contributed by atoms with Gasteiger partial charge in [-0.15, -0.1) is 0 Å². The summed E-state index contributed by atoms with van der Waals surface area (Å²) >= 11 is 0. The molecule has 0 saturated carbocycles. The maximum atomic E-state index is 14.9. The van der Waals surface area contributed by atoms with E-state index >= 15 is 0 Å². The normalized spacial score (nSPS) is 26.4. The summed E-state index contributed by atoms with van der Waals surface area (Å²) < 4.78 is 61.9. The Kier molecular flexibility index (Phi) is 17.3. The Hall–Kier alpha value is -6.64. The van der Waals surface area contributed by atoms with Crippen molar-refractivity contribution in [1.82, 2.24) is 10.3 Å². The Bertz CT molecular complexity index is 3200. The van der Waals surface area contributed by atoms with Crippen molar-refractivity contribution in [3.05, 3.63) is 106 Å². The molecule has 4 bridgehead atoms.